The van der Waals surface area contributed by atoms with Crippen LogP contribution >= 0.6 is 0 Å². The molecule has 1 amide bonds. The van der Waals surface area contributed by atoms with Crippen LogP contribution in [0.1, 0.15) is 0 Å². The number of carbonyl (C=O) groups is 1. The van der Waals surface area contributed by atoms with Crippen LogP contribution in [-0.2, 0) is 15.0 Å². The van der Waals surface area contributed by atoms with E-state index in [0.29, 0.717) is 11.4 Å². The van der Waals surface area contributed by atoms with Gasteiger partial charge in [0, 0.05) is 25.8 Å². The molecular formula is C11H17N3O4S. The van der Waals surface area contributed by atoms with E-state index in [1.807, 2.05) is 0 Å². The van der Waals surface area contributed by atoms with Gasteiger partial charge in [0.25, 0.3) is 10.2 Å². The van der Waals surface area contributed by atoms with Gasteiger partial charge in [-0.2, -0.15) is 17.4 Å². The molecule has 7 nitrogen and oxygen atoms in total. The molecule has 19 heavy (non-hydrogen) atoms. The number of nitrogens with zero attached hydrogens (tertiary/aromatic N) is 1. The lowest BCUT2D eigenvalue weighted by Crippen LogP contribution is -2.40. The lowest BCUT2D eigenvalue weighted by Gasteiger charge is -2.12. The highest BCUT2D eigenvalue weighted by Crippen LogP contribution is 2.16. The Morgan fingerprint density at radius 3 is 2.63 bits per heavy atom. The number of carbonyl (C=O) groups excluding carboxylic acids is 1. The monoisotopic (exact) mass is 287 g/mol. The number of hydrogen-bond acceptors (Lipinski definition) is 4. The van der Waals surface area contributed by atoms with Gasteiger partial charge in [-0.05, 0) is 12.1 Å². The van der Waals surface area contributed by atoms with Crippen LogP contribution in [0.25, 0.3) is 0 Å². The van der Waals surface area contributed by atoms with Gasteiger partial charge in [-0.25, -0.2) is 0 Å². The second-order valence-electron chi connectivity index (χ2n) is 3.89. The summed E-state index contributed by atoms with van der Waals surface area (Å²) < 4.78 is 31.0. The summed E-state index contributed by atoms with van der Waals surface area (Å²) in [5, 5.41) is 2.56. The molecule has 0 saturated carbocycles. The van der Waals surface area contributed by atoms with Crippen molar-refractivity contribution in [1.29, 1.82) is 0 Å². The third-order valence-electron chi connectivity index (χ3n) is 2.25. The summed E-state index contributed by atoms with van der Waals surface area (Å²) in [6.45, 7) is -0.336. The predicted octanol–water partition coefficient (Wildman–Crippen LogP) is 0.0297. The molecule has 8 heteroatoms. The highest BCUT2D eigenvalue weighted by atomic mass is 32.2. The maximum absolute atomic E-state index is 11.6. The average Bonchev–Trinajstić information content (AvgIpc) is 2.36. The number of hydrogen-bond donors (Lipinski definition) is 2. The molecule has 0 fully saturated rings. The van der Waals surface area contributed by atoms with Crippen molar-refractivity contribution in [3.8, 4) is 5.75 Å². The first-order valence-corrected chi connectivity index (χ1v) is 6.90. The molecule has 0 heterocycles. The Labute approximate surface area is 112 Å². The summed E-state index contributed by atoms with van der Waals surface area (Å²) in [6, 6.07) is 6.78. The SMILES string of the molecule is COc1cccc(NC(=O)CNS(=O)(=O)N(C)C)c1. The van der Waals surface area contributed by atoms with Crippen LogP contribution in [0.15, 0.2) is 24.3 Å². The molecule has 0 saturated heterocycles. The predicted molar refractivity (Wildman–Crippen MR) is 72.2 cm³/mol. The van der Waals surface area contributed by atoms with E-state index >= 15 is 0 Å². The number of amides is 1. The summed E-state index contributed by atoms with van der Waals surface area (Å²) in [5.41, 5.74) is 0.536. The van der Waals surface area contributed by atoms with E-state index in [2.05, 4.69) is 10.0 Å². The molecule has 0 unspecified atom stereocenters. The topological polar surface area (TPSA) is 87.7 Å². The fourth-order valence-corrected chi connectivity index (χ4v) is 1.76. The second kappa shape index (κ2) is 6.50. The van der Waals surface area contributed by atoms with Gasteiger partial charge in [0.15, 0.2) is 0 Å². The fourth-order valence-electron chi connectivity index (χ4n) is 1.19. The number of anilines is 1. The quantitative estimate of drug-likeness (QED) is 0.772. The minimum atomic E-state index is -3.60. The van der Waals surface area contributed by atoms with E-state index in [0.717, 1.165) is 4.31 Å². The summed E-state index contributed by atoms with van der Waals surface area (Å²) >= 11 is 0. The average molecular weight is 287 g/mol. The van der Waals surface area contributed by atoms with Crippen molar-refractivity contribution >= 4 is 21.8 Å². The zero-order chi connectivity index (χ0) is 14.5. The van der Waals surface area contributed by atoms with E-state index in [1.54, 1.807) is 24.3 Å². The summed E-state index contributed by atoms with van der Waals surface area (Å²) in [5.74, 6) is 0.144. The highest BCUT2D eigenvalue weighted by Gasteiger charge is 2.14. The Kier molecular flexibility index (Phi) is 5.28. The molecule has 0 aliphatic rings. The minimum Gasteiger partial charge on any atom is -0.497 e. The lowest BCUT2D eigenvalue weighted by molar-refractivity contribution is -0.115. The number of ether oxygens (including phenoxy) is 1. The van der Waals surface area contributed by atoms with Gasteiger partial charge < -0.3 is 10.1 Å². The first kappa shape index (κ1) is 15.4. The summed E-state index contributed by atoms with van der Waals surface area (Å²) in [6.07, 6.45) is 0. The standard InChI is InChI=1S/C11H17N3O4S/c1-14(2)19(16,17)12-8-11(15)13-9-5-4-6-10(7-9)18-3/h4-7,12H,8H2,1-3H3,(H,13,15). The zero-order valence-electron chi connectivity index (χ0n) is 11.0. The van der Waals surface area contributed by atoms with Crippen LogP contribution in [0.2, 0.25) is 0 Å². The largest absolute Gasteiger partial charge is 0.497 e. The number of methoxy groups -OCH3 is 1. The molecule has 2 N–H and O–H groups in total. The molecule has 1 aromatic carbocycles. The van der Waals surface area contributed by atoms with Crippen LogP contribution in [0, 0.1) is 0 Å². The van der Waals surface area contributed by atoms with Crippen molar-refractivity contribution in [2.45, 2.75) is 0 Å². The van der Waals surface area contributed by atoms with Crippen LogP contribution < -0.4 is 14.8 Å². The summed E-state index contributed by atoms with van der Waals surface area (Å²) in [7, 11) is 0.674. The number of benzene rings is 1. The molecule has 0 radical (unpaired) electrons. The lowest BCUT2D eigenvalue weighted by atomic mass is 10.3. The molecule has 0 atom stereocenters. The molecule has 0 aromatic heterocycles. The Balaban J connectivity index is 2.56. The first-order chi connectivity index (χ1) is 8.85. The van der Waals surface area contributed by atoms with Gasteiger partial charge in [0.2, 0.25) is 5.91 Å². The van der Waals surface area contributed by atoms with Gasteiger partial charge >= 0.3 is 0 Å². The molecule has 0 aliphatic heterocycles. The van der Waals surface area contributed by atoms with Crippen LogP contribution in [0.3, 0.4) is 0 Å². The van der Waals surface area contributed by atoms with Gasteiger partial charge in [-0.15, -0.1) is 0 Å². The Bertz CT molecular complexity index is 543. The smallest absolute Gasteiger partial charge is 0.279 e. The van der Waals surface area contributed by atoms with Crippen molar-refractivity contribution in [3.05, 3.63) is 24.3 Å². The third-order valence-corrected chi connectivity index (χ3v) is 3.72. The van der Waals surface area contributed by atoms with Crippen molar-refractivity contribution < 1.29 is 17.9 Å². The van der Waals surface area contributed by atoms with Crippen molar-refractivity contribution in [2.75, 3.05) is 33.1 Å². The minimum absolute atomic E-state index is 0.336. The molecule has 1 aromatic rings. The van der Waals surface area contributed by atoms with E-state index in [4.69, 9.17) is 4.74 Å². The van der Waals surface area contributed by atoms with Crippen LogP contribution in [0.4, 0.5) is 5.69 Å². The molecule has 0 bridgehead atoms. The maximum Gasteiger partial charge on any atom is 0.279 e. The van der Waals surface area contributed by atoms with Crippen LogP contribution in [-0.4, -0.2) is 46.4 Å². The van der Waals surface area contributed by atoms with E-state index < -0.39 is 16.1 Å². The van der Waals surface area contributed by atoms with E-state index in [1.165, 1.54) is 21.2 Å². The fraction of sp³-hybridized carbons (Fsp3) is 0.364. The van der Waals surface area contributed by atoms with Crippen molar-refractivity contribution in [2.24, 2.45) is 0 Å². The zero-order valence-corrected chi connectivity index (χ0v) is 11.8. The Morgan fingerprint density at radius 2 is 2.05 bits per heavy atom. The number of rotatable bonds is 6. The van der Waals surface area contributed by atoms with E-state index in [-0.39, 0.29) is 6.54 Å². The maximum atomic E-state index is 11.6. The van der Waals surface area contributed by atoms with Crippen molar-refractivity contribution in [1.82, 2.24) is 9.03 Å². The molecule has 106 valence electrons. The third kappa shape index (κ3) is 4.86. The van der Waals surface area contributed by atoms with Gasteiger partial charge in [-0.1, -0.05) is 6.07 Å². The molecule has 0 aliphatic carbocycles. The molecule has 1 rings (SSSR count). The van der Waals surface area contributed by atoms with Gasteiger partial charge in [-0.3, -0.25) is 4.79 Å². The first-order valence-electron chi connectivity index (χ1n) is 5.46. The van der Waals surface area contributed by atoms with Crippen molar-refractivity contribution in [3.63, 3.8) is 0 Å². The normalized spacial score (nSPS) is 11.4. The second-order valence-corrected chi connectivity index (χ2v) is 5.86. The van der Waals surface area contributed by atoms with Gasteiger partial charge in [0.1, 0.15) is 5.75 Å². The highest BCUT2D eigenvalue weighted by molar-refractivity contribution is 7.87. The van der Waals surface area contributed by atoms with Gasteiger partial charge in [0.05, 0.1) is 13.7 Å². The van der Waals surface area contributed by atoms with E-state index in [9.17, 15) is 13.2 Å². The number of nitrogens with one attached hydrogen (secondary N) is 2. The molecule has 0 spiro atoms. The molecular weight excluding hydrogens is 270 g/mol. The summed E-state index contributed by atoms with van der Waals surface area (Å²) in [4.78, 5) is 11.6. The Hall–Kier alpha value is -1.64. The van der Waals surface area contributed by atoms with Crippen LogP contribution in [0.5, 0.6) is 5.75 Å². The Morgan fingerprint density at radius 1 is 1.37 bits per heavy atom.